The van der Waals surface area contributed by atoms with Gasteiger partial charge < -0.3 is 0 Å². The van der Waals surface area contributed by atoms with Gasteiger partial charge in [-0.3, -0.25) is 0 Å². The van der Waals surface area contributed by atoms with Gasteiger partial charge in [0.1, 0.15) is 5.38 Å². The fraction of sp³-hybridized carbons (Fsp3) is 0.300. The number of hydrogen-bond donors (Lipinski definition) is 0. The van der Waals surface area contributed by atoms with Crippen molar-refractivity contribution in [3.63, 3.8) is 0 Å². The molecular formula is C10H9Cl2NO2S. The highest BCUT2D eigenvalue weighted by atomic mass is 35.5. The van der Waals surface area contributed by atoms with Crippen LogP contribution >= 0.6 is 23.2 Å². The summed E-state index contributed by atoms with van der Waals surface area (Å²) in [6.45, 7) is 1.65. The van der Waals surface area contributed by atoms with Crippen LogP contribution in [-0.2, 0) is 9.84 Å². The summed E-state index contributed by atoms with van der Waals surface area (Å²) in [6, 6.07) is 6.16. The lowest BCUT2D eigenvalue weighted by Gasteiger charge is -2.07. The molecule has 0 bridgehead atoms. The van der Waals surface area contributed by atoms with Crippen LogP contribution in [-0.4, -0.2) is 19.5 Å². The van der Waals surface area contributed by atoms with Gasteiger partial charge in [0.15, 0.2) is 9.84 Å². The molecule has 86 valence electrons. The summed E-state index contributed by atoms with van der Waals surface area (Å²) in [7, 11) is -3.53. The van der Waals surface area contributed by atoms with Gasteiger partial charge in [-0.15, -0.1) is 11.6 Å². The van der Waals surface area contributed by atoms with Gasteiger partial charge in [-0.05, 0) is 30.7 Å². The summed E-state index contributed by atoms with van der Waals surface area (Å²) in [5, 5.41) is 7.92. The van der Waals surface area contributed by atoms with Crippen molar-refractivity contribution in [2.45, 2.75) is 17.2 Å². The SMILES string of the molecule is Cc1cc(Cl)ccc1S(=O)(=O)CC(Cl)C#N. The first-order valence-corrected chi connectivity index (χ1v) is 6.86. The van der Waals surface area contributed by atoms with Crippen molar-refractivity contribution in [1.82, 2.24) is 0 Å². The number of halogens is 2. The Kier molecular flexibility index (Phi) is 4.20. The second-order valence-corrected chi connectivity index (χ2v) is 6.25. The average molecular weight is 278 g/mol. The van der Waals surface area contributed by atoms with Gasteiger partial charge in [0.05, 0.1) is 16.7 Å². The number of sulfone groups is 1. The topological polar surface area (TPSA) is 57.9 Å². The molecule has 0 aliphatic carbocycles. The zero-order valence-corrected chi connectivity index (χ0v) is 10.8. The van der Waals surface area contributed by atoms with Crippen LogP contribution in [0.1, 0.15) is 5.56 Å². The van der Waals surface area contributed by atoms with E-state index in [1.54, 1.807) is 19.1 Å². The lowest BCUT2D eigenvalue weighted by Crippen LogP contribution is -2.16. The molecule has 1 unspecified atom stereocenters. The Morgan fingerprint density at radius 2 is 2.12 bits per heavy atom. The summed E-state index contributed by atoms with van der Waals surface area (Å²) < 4.78 is 23.7. The molecule has 0 aliphatic heterocycles. The van der Waals surface area contributed by atoms with Crippen molar-refractivity contribution in [3.05, 3.63) is 28.8 Å². The molecule has 0 saturated heterocycles. The van der Waals surface area contributed by atoms with Crippen LogP contribution < -0.4 is 0 Å². The molecule has 16 heavy (non-hydrogen) atoms. The molecule has 0 spiro atoms. The van der Waals surface area contributed by atoms with E-state index in [0.717, 1.165) is 0 Å². The molecule has 6 heteroatoms. The van der Waals surface area contributed by atoms with Crippen molar-refractivity contribution in [1.29, 1.82) is 5.26 Å². The molecule has 0 aromatic heterocycles. The van der Waals surface area contributed by atoms with E-state index in [0.29, 0.717) is 10.6 Å². The van der Waals surface area contributed by atoms with Crippen molar-refractivity contribution in [2.24, 2.45) is 0 Å². The maximum Gasteiger partial charge on any atom is 0.181 e. The highest BCUT2D eigenvalue weighted by molar-refractivity contribution is 7.91. The molecule has 1 atom stereocenters. The number of hydrogen-bond acceptors (Lipinski definition) is 3. The van der Waals surface area contributed by atoms with Crippen molar-refractivity contribution in [2.75, 3.05) is 5.75 Å². The van der Waals surface area contributed by atoms with Gasteiger partial charge in [0, 0.05) is 5.02 Å². The Bertz CT molecular complexity index is 534. The Balaban J connectivity index is 3.14. The van der Waals surface area contributed by atoms with E-state index in [4.69, 9.17) is 28.5 Å². The maximum atomic E-state index is 11.9. The average Bonchev–Trinajstić information content (AvgIpc) is 2.16. The van der Waals surface area contributed by atoms with E-state index in [1.807, 2.05) is 0 Å². The predicted molar refractivity (Wildman–Crippen MR) is 63.5 cm³/mol. The van der Waals surface area contributed by atoms with Crippen LogP contribution in [0.25, 0.3) is 0 Å². The van der Waals surface area contributed by atoms with Gasteiger partial charge in [-0.25, -0.2) is 8.42 Å². The second kappa shape index (κ2) is 5.05. The first kappa shape index (κ1) is 13.3. The summed E-state index contributed by atoms with van der Waals surface area (Å²) in [4.78, 5) is 0.165. The Hall–Kier alpha value is -0.760. The van der Waals surface area contributed by atoms with Gasteiger partial charge in [0.2, 0.25) is 0 Å². The normalized spacial score (nSPS) is 13.1. The summed E-state index contributed by atoms with van der Waals surface area (Å²) in [6.07, 6.45) is 0. The number of alkyl halides is 1. The minimum atomic E-state index is -3.53. The smallest absolute Gasteiger partial charge is 0.181 e. The van der Waals surface area contributed by atoms with E-state index in [2.05, 4.69) is 0 Å². The van der Waals surface area contributed by atoms with Crippen LogP contribution in [0.15, 0.2) is 23.1 Å². The molecular weight excluding hydrogens is 269 g/mol. The van der Waals surface area contributed by atoms with Gasteiger partial charge in [-0.2, -0.15) is 5.26 Å². The quantitative estimate of drug-likeness (QED) is 0.798. The predicted octanol–water partition coefficient (Wildman–Crippen LogP) is 2.55. The lowest BCUT2D eigenvalue weighted by atomic mass is 10.2. The van der Waals surface area contributed by atoms with Crippen LogP contribution in [0, 0.1) is 18.3 Å². The monoisotopic (exact) mass is 277 g/mol. The van der Waals surface area contributed by atoms with Crippen molar-refractivity contribution < 1.29 is 8.42 Å². The van der Waals surface area contributed by atoms with E-state index in [1.165, 1.54) is 12.1 Å². The molecule has 1 rings (SSSR count). The molecule has 0 saturated carbocycles. The molecule has 1 aromatic carbocycles. The Morgan fingerprint density at radius 3 is 2.62 bits per heavy atom. The number of rotatable bonds is 3. The van der Waals surface area contributed by atoms with E-state index < -0.39 is 21.0 Å². The Morgan fingerprint density at radius 1 is 1.50 bits per heavy atom. The summed E-state index contributed by atoms with van der Waals surface area (Å²) in [5.41, 5.74) is 0.550. The van der Waals surface area contributed by atoms with Gasteiger partial charge in [-0.1, -0.05) is 11.6 Å². The largest absolute Gasteiger partial charge is 0.224 e. The molecule has 0 radical (unpaired) electrons. The number of nitriles is 1. The highest BCUT2D eigenvalue weighted by Gasteiger charge is 2.21. The molecule has 0 heterocycles. The van der Waals surface area contributed by atoms with E-state index in [-0.39, 0.29) is 4.90 Å². The second-order valence-electron chi connectivity index (χ2n) is 3.29. The number of aryl methyl sites for hydroxylation is 1. The lowest BCUT2D eigenvalue weighted by molar-refractivity contribution is 0.595. The summed E-state index contributed by atoms with van der Waals surface area (Å²) in [5.74, 6) is -0.395. The fourth-order valence-corrected chi connectivity index (χ4v) is 3.47. The van der Waals surface area contributed by atoms with E-state index >= 15 is 0 Å². The number of nitrogens with zero attached hydrogens (tertiary/aromatic N) is 1. The first-order valence-electron chi connectivity index (χ1n) is 4.39. The standard InChI is InChI=1S/C10H9Cl2NO2S/c1-7-4-8(11)2-3-10(7)16(14,15)6-9(12)5-13/h2-4,9H,6H2,1H3. The van der Waals surface area contributed by atoms with Gasteiger partial charge in [0.25, 0.3) is 0 Å². The zero-order valence-electron chi connectivity index (χ0n) is 8.44. The molecule has 1 aromatic rings. The minimum Gasteiger partial charge on any atom is -0.224 e. The van der Waals surface area contributed by atoms with Gasteiger partial charge >= 0.3 is 0 Å². The van der Waals surface area contributed by atoms with Crippen LogP contribution in [0.2, 0.25) is 5.02 Å². The maximum absolute atomic E-state index is 11.9. The molecule has 0 N–H and O–H groups in total. The molecule has 3 nitrogen and oxygen atoms in total. The van der Waals surface area contributed by atoms with Crippen LogP contribution in [0.3, 0.4) is 0 Å². The number of benzene rings is 1. The molecule has 0 fully saturated rings. The zero-order chi connectivity index (χ0) is 12.3. The molecule has 0 amide bonds. The minimum absolute atomic E-state index is 0.165. The highest BCUT2D eigenvalue weighted by Crippen LogP contribution is 2.21. The third-order valence-corrected chi connectivity index (χ3v) is 4.55. The van der Waals surface area contributed by atoms with E-state index in [9.17, 15) is 8.42 Å². The fourth-order valence-electron chi connectivity index (χ4n) is 1.28. The first-order chi connectivity index (χ1) is 7.36. The van der Waals surface area contributed by atoms with Crippen LogP contribution in [0.4, 0.5) is 0 Å². The van der Waals surface area contributed by atoms with Crippen LogP contribution in [0.5, 0.6) is 0 Å². The van der Waals surface area contributed by atoms with Crippen molar-refractivity contribution in [3.8, 4) is 6.07 Å². The third kappa shape index (κ3) is 3.11. The third-order valence-electron chi connectivity index (χ3n) is 1.98. The van der Waals surface area contributed by atoms with Crippen molar-refractivity contribution >= 4 is 33.0 Å². The Labute approximate surface area is 105 Å². The molecule has 0 aliphatic rings. The summed E-state index contributed by atoms with van der Waals surface area (Å²) >= 11 is 11.2.